The maximum Gasteiger partial charge on any atom is 0.0802 e. The van der Waals surface area contributed by atoms with Crippen LogP contribution in [0, 0.1) is 5.92 Å². The zero-order chi connectivity index (χ0) is 13.8. The average molecular weight is 273 g/mol. The summed E-state index contributed by atoms with van der Waals surface area (Å²) in [6, 6.07) is 10.9. The Morgan fingerprint density at radius 3 is 2.65 bits per heavy atom. The topological polar surface area (TPSA) is 23.5 Å². The van der Waals surface area contributed by atoms with Gasteiger partial charge < -0.3 is 10.0 Å². The molecule has 1 saturated heterocycles. The predicted octanol–water partition coefficient (Wildman–Crippen LogP) is 3.76. The molecule has 3 atom stereocenters. The van der Waals surface area contributed by atoms with Crippen LogP contribution >= 0.6 is 0 Å². The molecule has 2 nitrogen and oxygen atoms in total. The lowest BCUT2D eigenvalue weighted by atomic mass is 9.78. The molecule has 3 unspecified atom stereocenters. The molecule has 0 bridgehead atoms. The SMILES string of the molecule is OC(CCN1CCCC2CCCCC21)c1ccccc1. The zero-order valence-electron chi connectivity index (χ0n) is 12.4. The van der Waals surface area contributed by atoms with E-state index in [4.69, 9.17) is 0 Å². The number of fused-ring (bicyclic) bond motifs is 1. The predicted molar refractivity (Wildman–Crippen MR) is 82.6 cm³/mol. The van der Waals surface area contributed by atoms with Crippen LogP contribution in [0.5, 0.6) is 0 Å². The second kappa shape index (κ2) is 6.73. The van der Waals surface area contributed by atoms with Crippen LogP contribution in [0.2, 0.25) is 0 Å². The Labute approximate surface area is 122 Å². The van der Waals surface area contributed by atoms with E-state index in [1.165, 1.54) is 45.1 Å². The van der Waals surface area contributed by atoms with Gasteiger partial charge >= 0.3 is 0 Å². The van der Waals surface area contributed by atoms with E-state index in [0.29, 0.717) is 0 Å². The van der Waals surface area contributed by atoms with Crippen LogP contribution in [0.1, 0.15) is 56.6 Å². The molecule has 0 aromatic heterocycles. The van der Waals surface area contributed by atoms with Gasteiger partial charge in [0.1, 0.15) is 0 Å². The summed E-state index contributed by atoms with van der Waals surface area (Å²) >= 11 is 0. The molecule has 1 N–H and O–H groups in total. The molecule has 0 spiro atoms. The van der Waals surface area contributed by atoms with Gasteiger partial charge in [-0.1, -0.05) is 43.2 Å². The van der Waals surface area contributed by atoms with Gasteiger partial charge in [0.15, 0.2) is 0 Å². The van der Waals surface area contributed by atoms with Crippen molar-refractivity contribution >= 4 is 0 Å². The first kappa shape index (κ1) is 14.1. The molecule has 0 amide bonds. The highest BCUT2D eigenvalue weighted by atomic mass is 16.3. The first-order valence-corrected chi connectivity index (χ1v) is 8.31. The first-order valence-electron chi connectivity index (χ1n) is 8.31. The van der Waals surface area contributed by atoms with Crippen LogP contribution in [0.4, 0.5) is 0 Å². The maximum absolute atomic E-state index is 10.3. The van der Waals surface area contributed by atoms with Crippen molar-refractivity contribution in [3.8, 4) is 0 Å². The molecule has 20 heavy (non-hydrogen) atoms. The van der Waals surface area contributed by atoms with Crippen LogP contribution in [0.15, 0.2) is 30.3 Å². The normalized spacial score (nSPS) is 28.9. The fraction of sp³-hybridized carbons (Fsp3) is 0.667. The minimum absolute atomic E-state index is 0.305. The summed E-state index contributed by atoms with van der Waals surface area (Å²) in [6.45, 7) is 2.29. The molecule has 1 aliphatic carbocycles. The van der Waals surface area contributed by atoms with Crippen LogP contribution in [0.3, 0.4) is 0 Å². The number of aliphatic hydroxyl groups is 1. The van der Waals surface area contributed by atoms with E-state index >= 15 is 0 Å². The van der Waals surface area contributed by atoms with E-state index in [1.807, 2.05) is 30.3 Å². The van der Waals surface area contributed by atoms with Gasteiger partial charge in [-0.2, -0.15) is 0 Å². The summed E-state index contributed by atoms with van der Waals surface area (Å²) < 4.78 is 0. The van der Waals surface area contributed by atoms with E-state index in [1.54, 1.807) is 0 Å². The molecule has 1 aliphatic heterocycles. The highest BCUT2D eigenvalue weighted by Gasteiger charge is 2.32. The number of nitrogens with zero attached hydrogens (tertiary/aromatic N) is 1. The smallest absolute Gasteiger partial charge is 0.0802 e. The minimum Gasteiger partial charge on any atom is -0.388 e. The standard InChI is InChI=1S/C18H27NO/c20-18(16-8-2-1-3-9-16)12-14-19-13-6-10-15-7-4-5-11-17(15)19/h1-3,8-9,15,17-18,20H,4-7,10-14H2. The van der Waals surface area contributed by atoms with Gasteiger partial charge in [0, 0.05) is 12.6 Å². The number of benzene rings is 1. The second-order valence-electron chi connectivity index (χ2n) is 6.51. The summed E-state index contributed by atoms with van der Waals surface area (Å²) in [5.41, 5.74) is 1.06. The van der Waals surface area contributed by atoms with Gasteiger partial charge in [-0.05, 0) is 50.1 Å². The highest BCUT2D eigenvalue weighted by Crippen LogP contribution is 2.35. The molecule has 2 heteroatoms. The van der Waals surface area contributed by atoms with Crippen molar-refractivity contribution in [2.24, 2.45) is 5.92 Å². The van der Waals surface area contributed by atoms with Gasteiger partial charge in [0.05, 0.1) is 6.10 Å². The summed E-state index contributed by atoms with van der Waals surface area (Å²) in [5, 5.41) is 10.3. The van der Waals surface area contributed by atoms with Crippen molar-refractivity contribution in [2.45, 2.75) is 57.1 Å². The molecule has 1 aromatic carbocycles. The van der Waals surface area contributed by atoms with Gasteiger partial charge in [-0.25, -0.2) is 0 Å². The van der Waals surface area contributed by atoms with Crippen LogP contribution in [-0.2, 0) is 0 Å². The molecule has 110 valence electrons. The minimum atomic E-state index is -0.305. The van der Waals surface area contributed by atoms with E-state index in [2.05, 4.69) is 4.90 Å². The monoisotopic (exact) mass is 273 g/mol. The molecule has 1 heterocycles. The van der Waals surface area contributed by atoms with E-state index in [-0.39, 0.29) is 6.10 Å². The molecule has 1 saturated carbocycles. The number of likely N-dealkylation sites (tertiary alicyclic amines) is 1. The third-order valence-corrected chi connectivity index (χ3v) is 5.23. The summed E-state index contributed by atoms with van der Waals surface area (Å²) in [4.78, 5) is 2.67. The van der Waals surface area contributed by atoms with Crippen molar-refractivity contribution in [3.63, 3.8) is 0 Å². The quantitative estimate of drug-likeness (QED) is 0.903. The van der Waals surface area contributed by atoms with E-state index < -0.39 is 0 Å². The lowest BCUT2D eigenvalue weighted by Gasteiger charge is -2.44. The fourth-order valence-corrected chi connectivity index (χ4v) is 4.14. The molecule has 1 aromatic rings. The summed E-state index contributed by atoms with van der Waals surface area (Å²) in [5.74, 6) is 0.936. The number of rotatable bonds is 4. The average Bonchev–Trinajstić information content (AvgIpc) is 2.53. The van der Waals surface area contributed by atoms with Gasteiger partial charge in [0.25, 0.3) is 0 Å². The van der Waals surface area contributed by atoms with Crippen LogP contribution in [0.25, 0.3) is 0 Å². The Morgan fingerprint density at radius 1 is 1.05 bits per heavy atom. The number of aliphatic hydroxyl groups excluding tert-OH is 1. The molecular weight excluding hydrogens is 246 g/mol. The largest absolute Gasteiger partial charge is 0.388 e. The zero-order valence-corrected chi connectivity index (χ0v) is 12.4. The summed E-state index contributed by atoms with van der Waals surface area (Å²) in [6.07, 6.45) is 8.99. The van der Waals surface area contributed by atoms with Crippen molar-refractivity contribution in [2.75, 3.05) is 13.1 Å². The van der Waals surface area contributed by atoms with Crippen molar-refractivity contribution in [1.29, 1.82) is 0 Å². The number of hydrogen-bond donors (Lipinski definition) is 1. The third-order valence-electron chi connectivity index (χ3n) is 5.23. The van der Waals surface area contributed by atoms with Crippen molar-refractivity contribution in [3.05, 3.63) is 35.9 Å². The molecule has 3 rings (SSSR count). The van der Waals surface area contributed by atoms with Crippen LogP contribution < -0.4 is 0 Å². The lowest BCUT2D eigenvalue weighted by molar-refractivity contribution is 0.0456. The lowest BCUT2D eigenvalue weighted by Crippen LogP contribution is -2.47. The Bertz CT molecular complexity index is 403. The van der Waals surface area contributed by atoms with Crippen molar-refractivity contribution in [1.82, 2.24) is 4.90 Å². The Morgan fingerprint density at radius 2 is 1.80 bits per heavy atom. The maximum atomic E-state index is 10.3. The fourth-order valence-electron chi connectivity index (χ4n) is 4.14. The number of hydrogen-bond acceptors (Lipinski definition) is 2. The van der Waals surface area contributed by atoms with Gasteiger partial charge in [0.2, 0.25) is 0 Å². The van der Waals surface area contributed by atoms with E-state index in [9.17, 15) is 5.11 Å². The second-order valence-corrected chi connectivity index (χ2v) is 6.51. The Balaban J connectivity index is 1.54. The van der Waals surface area contributed by atoms with Gasteiger partial charge in [-0.15, -0.1) is 0 Å². The first-order chi connectivity index (χ1) is 9.84. The number of piperidine rings is 1. The van der Waals surface area contributed by atoms with Crippen molar-refractivity contribution < 1.29 is 5.11 Å². The highest BCUT2D eigenvalue weighted by molar-refractivity contribution is 5.17. The molecular formula is C18H27NO. The molecule has 2 fully saturated rings. The van der Waals surface area contributed by atoms with E-state index in [0.717, 1.165) is 30.5 Å². The molecule has 0 radical (unpaired) electrons. The summed E-state index contributed by atoms with van der Waals surface area (Å²) in [7, 11) is 0. The molecule has 2 aliphatic rings. The van der Waals surface area contributed by atoms with Crippen LogP contribution in [-0.4, -0.2) is 29.1 Å². The van der Waals surface area contributed by atoms with Gasteiger partial charge in [-0.3, -0.25) is 0 Å². The third kappa shape index (κ3) is 3.24. The Hall–Kier alpha value is -0.860. The Kier molecular flexibility index (Phi) is 4.74.